The number of fused-ring (bicyclic) bond motifs is 2. The summed E-state index contributed by atoms with van der Waals surface area (Å²) >= 11 is 6.19. The van der Waals surface area contributed by atoms with Crippen LogP contribution in [0.25, 0.3) is 10.9 Å². The van der Waals surface area contributed by atoms with Crippen molar-refractivity contribution >= 4 is 36.6 Å². The lowest BCUT2D eigenvalue weighted by molar-refractivity contribution is -0.00296. The molecular formula is C30H44ClF2N5O4Si. The van der Waals surface area contributed by atoms with Crippen LogP contribution < -0.4 is 14.4 Å². The fourth-order valence-corrected chi connectivity index (χ4v) is 8.87. The van der Waals surface area contributed by atoms with Gasteiger partial charge in [0.2, 0.25) is 5.88 Å². The molecule has 0 N–H and O–H groups in total. The van der Waals surface area contributed by atoms with Crippen molar-refractivity contribution < 1.29 is 27.4 Å². The number of methoxy groups -OCH3 is 1. The number of nitrogens with zero attached hydrogens (tertiary/aromatic N) is 5. The molecule has 4 fully saturated rings. The van der Waals surface area contributed by atoms with Crippen molar-refractivity contribution in [2.45, 2.75) is 88.8 Å². The Hall–Kier alpha value is -1.86. The van der Waals surface area contributed by atoms with Crippen LogP contribution in [0, 0.1) is 11.2 Å². The molecule has 0 bridgehead atoms. The third-order valence-electron chi connectivity index (χ3n) is 10.3. The van der Waals surface area contributed by atoms with E-state index in [4.69, 9.17) is 35.2 Å². The molecule has 4 aliphatic rings. The average Bonchev–Trinajstić information content (AvgIpc) is 3.56. The Balaban J connectivity index is 1.38. The summed E-state index contributed by atoms with van der Waals surface area (Å²) in [5, 5.41) is -0.0537. The number of halogens is 3. The first-order valence-electron chi connectivity index (χ1n) is 15.2. The maximum atomic E-state index is 15.6. The number of rotatable bonds is 7. The Morgan fingerprint density at radius 3 is 2.58 bits per heavy atom. The van der Waals surface area contributed by atoms with Gasteiger partial charge in [-0.1, -0.05) is 32.4 Å². The van der Waals surface area contributed by atoms with Gasteiger partial charge < -0.3 is 23.5 Å². The molecule has 1 spiro atoms. The smallest absolute Gasteiger partial charge is 0.319 e. The molecule has 13 heteroatoms. The first-order chi connectivity index (χ1) is 20.1. The van der Waals surface area contributed by atoms with E-state index in [1.54, 1.807) is 0 Å². The van der Waals surface area contributed by atoms with E-state index in [0.717, 1.165) is 13.0 Å². The second-order valence-electron chi connectivity index (χ2n) is 14.9. The first kappa shape index (κ1) is 31.1. The highest BCUT2D eigenvalue weighted by Crippen LogP contribution is 2.60. The van der Waals surface area contributed by atoms with Crippen LogP contribution in [0.4, 0.5) is 14.6 Å². The molecule has 9 nitrogen and oxygen atoms in total. The van der Waals surface area contributed by atoms with Gasteiger partial charge in [0, 0.05) is 32.6 Å². The predicted molar refractivity (Wildman–Crippen MR) is 164 cm³/mol. The molecule has 0 radical (unpaired) electrons. The number of hydrogen-bond donors (Lipinski definition) is 0. The molecule has 2 aromatic rings. The standard InChI is InChI=1S/C30H44ClF2N5O4Si/c1-27(2,3)43(6,7)42-28(4)15-37(10-11-40-17-28)24-20-22(21(33)23(31)35-25(20)39-5)34-26(36-24)41-18-30-12-19(32)13-38(30)16-29(14-30)8-9-29/h19H,8-18H2,1-7H3/t19-,28+,30+/m1/s1. The molecule has 0 aromatic carbocycles. The van der Waals surface area contributed by atoms with Gasteiger partial charge in [-0.25, -0.2) is 8.78 Å². The van der Waals surface area contributed by atoms with E-state index in [1.165, 1.54) is 20.0 Å². The summed E-state index contributed by atoms with van der Waals surface area (Å²) in [4.78, 5) is 17.7. The van der Waals surface area contributed by atoms with Crippen molar-refractivity contribution in [3.63, 3.8) is 0 Å². The minimum Gasteiger partial charge on any atom is -0.480 e. The lowest BCUT2D eigenvalue weighted by atomic mass is 9.89. The molecule has 3 aliphatic heterocycles. The van der Waals surface area contributed by atoms with Crippen LogP contribution in [0.15, 0.2) is 0 Å². The summed E-state index contributed by atoms with van der Waals surface area (Å²) in [6.45, 7) is 16.4. The Kier molecular flexibility index (Phi) is 7.68. The van der Waals surface area contributed by atoms with Gasteiger partial charge in [-0.2, -0.15) is 15.0 Å². The Bertz CT molecular complexity index is 1410. The quantitative estimate of drug-likeness (QED) is 0.276. The van der Waals surface area contributed by atoms with Gasteiger partial charge in [0.1, 0.15) is 29.5 Å². The molecule has 0 unspecified atom stereocenters. The minimum absolute atomic E-state index is 0.00573. The number of pyridine rings is 1. The van der Waals surface area contributed by atoms with Crippen LogP contribution in [0.3, 0.4) is 0 Å². The van der Waals surface area contributed by atoms with E-state index >= 15 is 4.39 Å². The SMILES string of the molecule is COc1nc(Cl)c(F)c2nc(OC[C@@]34C[C@@H](F)CN3CC3(CC3)C4)nc(N3CCOC[C@@](C)(O[Si](C)(C)C(C)(C)C)C3)c12. The van der Waals surface area contributed by atoms with E-state index in [9.17, 15) is 4.39 Å². The van der Waals surface area contributed by atoms with Gasteiger partial charge in [-0.05, 0) is 49.7 Å². The van der Waals surface area contributed by atoms with Crippen molar-refractivity contribution in [2.24, 2.45) is 5.41 Å². The molecule has 6 rings (SSSR count). The number of anilines is 1. The number of hydrogen-bond acceptors (Lipinski definition) is 9. The maximum absolute atomic E-state index is 15.6. The van der Waals surface area contributed by atoms with E-state index in [2.05, 4.69) is 55.7 Å². The minimum atomic E-state index is -2.18. The summed E-state index contributed by atoms with van der Waals surface area (Å²) in [6, 6.07) is 0.0104. The summed E-state index contributed by atoms with van der Waals surface area (Å²) in [7, 11) is -0.730. The lowest BCUT2D eigenvalue weighted by Gasteiger charge is -2.44. The third-order valence-corrected chi connectivity index (χ3v) is 15.1. The van der Waals surface area contributed by atoms with Gasteiger partial charge in [0.05, 0.1) is 31.5 Å². The van der Waals surface area contributed by atoms with Crippen molar-refractivity contribution in [3.8, 4) is 11.9 Å². The summed E-state index contributed by atoms with van der Waals surface area (Å²) < 4.78 is 55.1. The normalized spacial score (nSPS) is 29.3. The molecule has 3 saturated heterocycles. The zero-order valence-electron chi connectivity index (χ0n) is 26.4. The highest BCUT2D eigenvalue weighted by atomic mass is 35.5. The fourth-order valence-electron chi connectivity index (χ4n) is 7.05. The maximum Gasteiger partial charge on any atom is 0.319 e. The summed E-state index contributed by atoms with van der Waals surface area (Å²) in [5.74, 6) is -0.253. The van der Waals surface area contributed by atoms with Crippen molar-refractivity contribution in [3.05, 3.63) is 11.0 Å². The van der Waals surface area contributed by atoms with Gasteiger partial charge in [0.25, 0.3) is 0 Å². The van der Waals surface area contributed by atoms with Crippen LogP contribution in [0.2, 0.25) is 23.3 Å². The van der Waals surface area contributed by atoms with Crippen molar-refractivity contribution in [1.82, 2.24) is 19.9 Å². The molecular weight excluding hydrogens is 596 g/mol. The molecule has 5 heterocycles. The average molecular weight is 640 g/mol. The highest BCUT2D eigenvalue weighted by molar-refractivity contribution is 6.74. The predicted octanol–water partition coefficient (Wildman–Crippen LogP) is 5.79. The Labute approximate surface area is 258 Å². The van der Waals surface area contributed by atoms with Gasteiger partial charge >= 0.3 is 6.01 Å². The molecule has 43 heavy (non-hydrogen) atoms. The highest BCUT2D eigenvalue weighted by Gasteiger charge is 2.62. The summed E-state index contributed by atoms with van der Waals surface area (Å²) in [5.41, 5.74) is -0.834. The van der Waals surface area contributed by atoms with Crippen LogP contribution >= 0.6 is 11.6 Å². The second-order valence-corrected chi connectivity index (χ2v) is 20.0. The molecule has 2 aromatic heterocycles. The Morgan fingerprint density at radius 1 is 1.16 bits per heavy atom. The lowest BCUT2D eigenvalue weighted by Crippen LogP contribution is -2.54. The first-order valence-corrected chi connectivity index (χ1v) is 18.5. The molecule has 3 atom stereocenters. The fraction of sp³-hybridized carbons (Fsp3) is 0.767. The topological polar surface area (TPSA) is 82.1 Å². The van der Waals surface area contributed by atoms with E-state index in [0.29, 0.717) is 50.5 Å². The van der Waals surface area contributed by atoms with Crippen molar-refractivity contribution in [1.29, 1.82) is 0 Å². The van der Waals surface area contributed by atoms with E-state index < -0.39 is 31.4 Å². The van der Waals surface area contributed by atoms with Gasteiger partial charge in [-0.15, -0.1) is 0 Å². The molecule has 1 saturated carbocycles. The third kappa shape index (κ3) is 5.71. The van der Waals surface area contributed by atoms with Gasteiger partial charge in [0.15, 0.2) is 19.3 Å². The van der Waals surface area contributed by atoms with Crippen LogP contribution in [-0.4, -0.2) is 98.6 Å². The molecule has 238 valence electrons. The zero-order chi connectivity index (χ0) is 31.0. The van der Waals surface area contributed by atoms with Crippen LogP contribution in [0.1, 0.15) is 53.4 Å². The molecule has 0 amide bonds. The van der Waals surface area contributed by atoms with Gasteiger partial charge in [-0.3, -0.25) is 4.90 Å². The second kappa shape index (κ2) is 10.6. The van der Waals surface area contributed by atoms with Crippen LogP contribution in [0.5, 0.6) is 11.9 Å². The largest absolute Gasteiger partial charge is 0.480 e. The number of alkyl halides is 1. The van der Waals surface area contributed by atoms with Crippen molar-refractivity contribution in [2.75, 3.05) is 58.0 Å². The van der Waals surface area contributed by atoms with E-state index in [1.807, 2.05) is 4.90 Å². The molecule has 1 aliphatic carbocycles. The monoisotopic (exact) mass is 639 g/mol. The van der Waals surface area contributed by atoms with E-state index in [-0.39, 0.29) is 39.6 Å². The zero-order valence-corrected chi connectivity index (χ0v) is 28.1. The Morgan fingerprint density at radius 2 is 1.91 bits per heavy atom. The number of ether oxygens (including phenoxy) is 3. The number of aromatic nitrogens is 3. The summed E-state index contributed by atoms with van der Waals surface area (Å²) in [6.07, 6.45) is 2.75. The van der Waals surface area contributed by atoms with Crippen LogP contribution in [-0.2, 0) is 9.16 Å².